The van der Waals surface area contributed by atoms with E-state index in [4.69, 9.17) is 0 Å². The van der Waals surface area contributed by atoms with Crippen LogP contribution in [0.25, 0.3) is 0 Å². The minimum atomic E-state index is -0.505. The smallest absolute Gasteiger partial charge is 0.238 e. The Labute approximate surface area is 64.6 Å². The van der Waals surface area contributed by atoms with Gasteiger partial charge in [-0.25, -0.2) is 0 Å². The summed E-state index contributed by atoms with van der Waals surface area (Å²) in [6.07, 6.45) is 1.48. The number of nitrogens with one attached hydrogen (secondary N) is 1. The fourth-order valence-electron chi connectivity index (χ4n) is 0.803. The van der Waals surface area contributed by atoms with Gasteiger partial charge in [0.15, 0.2) is 0 Å². The second-order valence-electron chi connectivity index (χ2n) is 2.29. The predicted molar refractivity (Wildman–Crippen MR) is 39.5 cm³/mol. The summed E-state index contributed by atoms with van der Waals surface area (Å²) in [7, 11) is 1.77. The van der Waals surface area contributed by atoms with Crippen molar-refractivity contribution >= 4 is 0 Å². The highest BCUT2D eigenvalue weighted by Crippen LogP contribution is 2.11. The Morgan fingerprint density at radius 3 is 2.91 bits per heavy atom. The van der Waals surface area contributed by atoms with Crippen molar-refractivity contribution in [1.82, 2.24) is 15.5 Å². The Morgan fingerprint density at radius 2 is 2.36 bits per heavy atom. The van der Waals surface area contributed by atoms with Crippen LogP contribution in [0.15, 0.2) is 12.3 Å². The second kappa shape index (κ2) is 3.39. The molecule has 0 fully saturated rings. The van der Waals surface area contributed by atoms with Gasteiger partial charge in [-0.05, 0) is 20.0 Å². The molecule has 1 aromatic heterocycles. The molecule has 0 radical (unpaired) electrons. The van der Waals surface area contributed by atoms with Crippen LogP contribution in [-0.2, 0) is 0 Å². The number of hydrogen-bond acceptors (Lipinski definition) is 3. The number of hydrogen-bond donors (Lipinski definition) is 1. The summed E-state index contributed by atoms with van der Waals surface area (Å²) in [6, 6.07) is 1.59. The molecule has 1 heterocycles. The zero-order valence-corrected chi connectivity index (χ0v) is 6.50. The van der Waals surface area contributed by atoms with E-state index < -0.39 is 5.95 Å². The molecule has 0 aliphatic carbocycles. The monoisotopic (exact) mass is 155 g/mol. The van der Waals surface area contributed by atoms with Gasteiger partial charge in [0.05, 0.1) is 6.20 Å². The lowest BCUT2D eigenvalue weighted by molar-refractivity contribution is 0.515. The molecule has 1 atom stereocenters. The lowest BCUT2D eigenvalue weighted by Crippen LogP contribution is -2.14. The largest absolute Gasteiger partial charge is 0.313 e. The highest BCUT2D eigenvalue weighted by Gasteiger charge is 2.08. The van der Waals surface area contributed by atoms with Crippen LogP contribution in [0.2, 0.25) is 0 Å². The molecule has 4 heteroatoms. The van der Waals surface area contributed by atoms with Crippen molar-refractivity contribution < 1.29 is 4.39 Å². The summed E-state index contributed by atoms with van der Waals surface area (Å²) in [5, 5.41) is 9.61. The van der Waals surface area contributed by atoms with E-state index >= 15 is 0 Å². The molecule has 0 aromatic carbocycles. The first-order chi connectivity index (χ1) is 5.25. The average molecular weight is 155 g/mol. The molecular weight excluding hydrogens is 145 g/mol. The minimum Gasteiger partial charge on any atom is -0.313 e. The van der Waals surface area contributed by atoms with Crippen LogP contribution < -0.4 is 5.32 Å². The Bertz CT molecular complexity index is 239. The van der Waals surface area contributed by atoms with Gasteiger partial charge in [0, 0.05) is 11.6 Å². The van der Waals surface area contributed by atoms with E-state index in [1.807, 2.05) is 6.92 Å². The minimum absolute atomic E-state index is 0.0227. The van der Waals surface area contributed by atoms with Gasteiger partial charge >= 0.3 is 0 Å². The van der Waals surface area contributed by atoms with Gasteiger partial charge in [0.2, 0.25) is 5.95 Å². The molecule has 0 amide bonds. The maximum absolute atomic E-state index is 12.8. The molecule has 0 saturated carbocycles. The Kier molecular flexibility index (Phi) is 2.48. The Balaban J connectivity index is 2.93. The third-order valence-electron chi connectivity index (χ3n) is 1.60. The van der Waals surface area contributed by atoms with Crippen molar-refractivity contribution in [3.63, 3.8) is 0 Å². The highest BCUT2D eigenvalue weighted by molar-refractivity contribution is 5.11. The van der Waals surface area contributed by atoms with Gasteiger partial charge in [-0.15, -0.1) is 5.10 Å². The van der Waals surface area contributed by atoms with Crippen LogP contribution in [0.4, 0.5) is 4.39 Å². The van der Waals surface area contributed by atoms with E-state index in [0.717, 1.165) is 0 Å². The maximum Gasteiger partial charge on any atom is 0.238 e. The van der Waals surface area contributed by atoms with Crippen LogP contribution in [0.1, 0.15) is 18.5 Å². The van der Waals surface area contributed by atoms with Crippen LogP contribution in [-0.4, -0.2) is 17.2 Å². The van der Waals surface area contributed by atoms with Crippen molar-refractivity contribution in [1.29, 1.82) is 0 Å². The van der Waals surface area contributed by atoms with Crippen LogP contribution in [0, 0.1) is 5.95 Å². The topological polar surface area (TPSA) is 37.8 Å². The van der Waals surface area contributed by atoms with Gasteiger partial charge in [-0.2, -0.15) is 9.49 Å². The highest BCUT2D eigenvalue weighted by atomic mass is 19.1. The van der Waals surface area contributed by atoms with E-state index in [2.05, 4.69) is 15.5 Å². The van der Waals surface area contributed by atoms with Gasteiger partial charge in [0.1, 0.15) is 0 Å². The van der Waals surface area contributed by atoms with Crippen LogP contribution in [0.3, 0.4) is 0 Å². The van der Waals surface area contributed by atoms with E-state index in [9.17, 15) is 4.39 Å². The Morgan fingerprint density at radius 1 is 1.64 bits per heavy atom. The molecule has 1 rings (SSSR count). The van der Waals surface area contributed by atoms with Gasteiger partial charge < -0.3 is 5.32 Å². The molecule has 60 valence electrons. The molecule has 1 aromatic rings. The molecule has 0 bridgehead atoms. The van der Waals surface area contributed by atoms with Gasteiger partial charge in [-0.1, -0.05) is 0 Å². The fourth-order valence-corrected chi connectivity index (χ4v) is 0.803. The number of rotatable bonds is 2. The molecule has 0 aliphatic rings. The number of aromatic nitrogens is 2. The molecule has 0 saturated heterocycles. The normalized spacial score (nSPS) is 13.0. The molecule has 3 nitrogen and oxygen atoms in total. The predicted octanol–water partition coefficient (Wildman–Crippen LogP) is 0.896. The van der Waals surface area contributed by atoms with E-state index in [1.54, 1.807) is 13.1 Å². The number of halogens is 1. The quantitative estimate of drug-likeness (QED) is 0.689. The first-order valence-corrected chi connectivity index (χ1v) is 3.40. The van der Waals surface area contributed by atoms with Crippen molar-refractivity contribution in [3.05, 3.63) is 23.8 Å². The summed E-state index contributed by atoms with van der Waals surface area (Å²) in [5.41, 5.74) is 0.544. The average Bonchev–Trinajstić information content (AvgIpc) is 2.04. The zero-order chi connectivity index (χ0) is 8.27. The van der Waals surface area contributed by atoms with Gasteiger partial charge in [0.25, 0.3) is 0 Å². The summed E-state index contributed by atoms with van der Waals surface area (Å²) in [5.74, 6) is -0.505. The third kappa shape index (κ3) is 1.71. The molecule has 0 aliphatic heterocycles. The summed E-state index contributed by atoms with van der Waals surface area (Å²) in [6.45, 7) is 1.86. The van der Waals surface area contributed by atoms with Crippen molar-refractivity contribution in [3.8, 4) is 0 Å². The van der Waals surface area contributed by atoms with E-state index in [-0.39, 0.29) is 6.04 Å². The van der Waals surface area contributed by atoms with E-state index in [1.165, 1.54) is 6.20 Å². The molecule has 1 N–H and O–H groups in total. The standard InChI is InChI=1S/C7H10FN3/c1-5(9-2)6-3-4-10-11-7(6)8/h3-5,9H,1-2H3. The summed E-state index contributed by atoms with van der Waals surface area (Å²) >= 11 is 0. The molecular formula is C7H10FN3. The molecule has 1 unspecified atom stereocenters. The first-order valence-electron chi connectivity index (χ1n) is 3.40. The number of nitrogens with zero attached hydrogens (tertiary/aromatic N) is 2. The van der Waals surface area contributed by atoms with Crippen molar-refractivity contribution in [2.24, 2.45) is 0 Å². The van der Waals surface area contributed by atoms with Crippen LogP contribution in [0.5, 0.6) is 0 Å². The first kappa shape index (κ1) is 8.07. The summed E-state index contributed by atoms with van der Waals surface area (Å²) in [4.78, 5) is 0. The van der Waals surface area contributed by atoms with Gasteiger partial charge in [-0.3, -0.25) is 0 Å². The maximum atomic E-state index is 12.8. The molecule has 0 spiro atoms. The third-order valence-corrected chi connectivity index (χ3v) is 1.60. The lowest BCUT2D eigenvalue weighted by Gasteiger charge is -2.08. The zero-order valence-electron chi connectivity index (χ0n) is 6.50. The molecule has 11 heavy (non-hydrogen) atoms. The van der Waals surface area contributed by atoms with E-state index in [0.29, 0.717) is 5.56 Å². The second-order valence-corrected chi connectivity index (χ2v) is 2.29. The summed E-state index contributed by atoms with van der Waals surface area (Å²) < 4.78 is 12.8. The fraction of sp³-hybridized carbons (Fsp3) is 0.429. The lowest BCUT2D eigenvalue weighted by atomic mass is 10.1. The van der Waals surface area contributed by atoms with Crippen LogP contribution >= 0.6 is 0 Å². The van der Waals surface area contributed by atoms with Crippen molar-refractivity contribution in [2.75, 3.05) is 7.05 Å². The Hall–Kier alpha value is -1.03. The SMILES string of the molecule is CNC(C)c1ccnnc1F. The van der Waals surface area contributed by atoms with Crippen molar-refractivity contribution in [2.45, 2.75) is 13.0 Å².